The topological polar surface area (TPSA) is 6.48 Å². The largest absolute Gasteiger partial charge is 0.310 e. The van der Waals surface area contributed by atoms with E-state index < -0.39 is 0 Å². The van der Waals surface area contributed by atoms with Crippen LogP contribution in [0.1, 0.15) is 0 Å². The Bertz CT molecular complexity index is 3970. The highest BCUT2D eigenvalue weighted by Gasteiger charge is 2.21. The quantitative estimate of drug-likeness (QED) is 0.0933. The average molecular weight is 885 g/mol. The maximum atomic E-state index is 15.6. The van der Waals surface area contributed by atoms with Crippen LogP contribution in [-0.4, -0.2) is 0 Å². The molecule has 13 aromatic rings. The van der Waals surface area contributed by atoms with Crippen molar-refractivity contribution < 1.29 is 17.6 Å². The van der Waals surface area contributed by atoms with Crippen molar-refractivity contribution in [2.75, 3.05) is 9.80 Å². The molecule has 322 valence electrons. The number of rotatable bonds is 6. The van der Waals surface area contributed by atoms with Crippen LogP contribution in [0.3, 0.4) is 0 Å². The van der Waals surface area contributed by atoms with Crippen molar-refractivity contribution in [1.82, 2.24) is 0 Å². The van der Waals surface area contributed by atoms with E-state index >= 15 is 17.6 Å². The number of nitrogens with zero attached hydrogens (tertiary/aromatic N) is 2. The highest BCUT2D eigenvalue weighted by atomic mass is 19.1. The van der Waals surface area contributed by atoms with Gasteiger partial charge in [0.05, 0.1) is 0 Å². The number of hydrogen-bond donors (Lipinski definition) is 0. The van der Waals surface area contributed by atoms with Crippen molar-refractivity contribution in [2.45, 2.75) is 0 Å². The van der Waals surface area contributed by atoms with Gasteiger partial charge in [-0.15, -0.1) is 0 Å². The third-order valence-corrected chi connectivity index (χ3v) is 13.5. The van der Waals surface area contributed by atoms with Crippen LogP contribution in [0.25, 0.3) is 86.2 Å². The van der Waals surface area contributed by atoms with E-state index in [1.54, 1.807) is 24.3 Å². The first kappa shape index (κ1) is 39.6. The molecule has 13 aromatic carbocycles. The van der Waals surface area contributed by atoms with E-state index in [1.807, 2.05) is 82.6 Å². The van der Waals surface area contributed by atoms with Gasteiger partial charge in [0.2, 0.25) is 0 Å². The average Bonchev–Trinajstić information content (AvgIpc) is 3.36. The summed E-state index contributed by atoms with van der Waals surface area (Å²) < 4.78 is 61.1. The Hall–Kier alpha value is -8.74. The number of halogens is 4. The first-order valence-corrected chi connectivity index (χ1v) is 22.5. The van der Waals surface area contributed by atoms with Gasteiger partial charge in [-0.2, -0.15) is 0 Å². The van der Waals surface area contributed by atoms with Gasteiger partial charge in [-0.25, -0.2) is 17.6 Å². The molecule has 0 N–H and O–H groups in total. The smallest absolute Gasteiger partial charge is 0.125 e. The summed E-state index contributed by atoms with van der Waals surface area (Å²) >= 11 is 0. The zero-order valence-corrected chi connectivity index (χ0v) is 36.2. The minimum Gasteiger partial charge on any atom is -0.310 e. The molecule has 2 nitrogen and oxygen atoms in total. The van der Waals surface area contributed by atoms with E-state index in [-0.39, 0.29) is 23.3 Å². The summed E-state index contributed by atoms with van der Waals surface area (Å²) in [7, 11) is 0. The van der Waals surface area contributed by atoms with Gasteiger partial charge < -0.3 is 9.80 Å². The summed E-state index contributed by atoms with van der Waals surface area (Å²) in [5.74, 6) is -1.43. The first-order chi connectivity index (χ1) is 33.3. The second-order valence-corrected chi connectivity index (χ2v) is 17.5. The number of benzene rings is 13. The molecular weight excluding hydrogens is 849 g/mol. The van der Waals surface area contributed by atoms with Gasteiger partial charge in [0, 0.05) is 34.1 Å². The molecule has 0 saturated carbocycles. The highest BCUT2D eigenvalue weighted by molar-refractivity contribution is 6.33. The fourth-order valence-corrected chi connectivity index (χ4v) is 10.5. The molecule has 0 spiro atoms. The molecule has 0 radical (unpaired) electrons. The summed E-state index contributed by atoms with van der Waals surface area (Å²) in [6.45, 7) is 0. The van der Waals surface area contributed by atoms with E-state index in [2.05, 4.69) is 84.9 Å². The second kappa shape index (κ2) is 15.4. The van der Waals surface area contributed by atoms with Gasteiger partial charge in [-0.1, -0.05) is 97.1 Å². The lowest BCUT2D eigenvalue weighted by Gasteiger charge is -2.27. The molecule has 0 aliphatic carbocycles. The van der Waals surface area contributed by atoms with E-state index in [9.17, 15) is 0 Å². The summed E-state index contributed by atoms with van der Waals surface area (Å²) in [6, 6.07) is 68.3. The Morgan fingerprint density at radius 3 is 0.912 bits per heavy atom. The van der Waals surface area contributed by atoms with E-state index in [1.165, 1.54) is 36.4 Å². The number of hydrogen-bond acceptors (Lipinski definition) is 2. The van der Waals surface area contributed by atoms with Gasteiger partial charge in [0.1, 0.15) is 23.3 Å². The zero-order chi connectivity index (χ0) is 45.6. The monoisotopic (exact) mass is 884 g/mol. The first-order valence-electron chi connectivity index (χ1n) is 22.5. The van der Waals surface area contributed by atoms with Crippen LogP contribution in [0.4, 0.5) is 51.7 Å². The fourth-order valence-electron chi connectivity index (χ4n) is 10.5. The molecule has 0 fully saturated rings. The van der Waals surface area contributed by atoms with Crippen LogP contribution in [0, 0.1) is 23.3 Å². The van der Waals surface area contributed by atoms with E-state index in [4.69, 9.17) is 0 Å². The second-order valence-electron chi connectivity index (χ2n) is 17.5. The van der Waals surface area contributed by atoms with Crippen LogP contribution in [0.2, 0.25) is 0 Å². The molecule has 6 heteroatoms. The SMILES string of the molecule is Fc1cccc(N(c2ccc3ccccc3c2)c2ccc3c(c2)c2cc(F)ccc2c2cc4c5ccc(N(c6cccc(F)c6)c6ccc7ccccc7c6)cc5c5cc(F)ccc5c4cc32)c1. The number of fused-ring (bicyclic) bond motifs is 14. The van der Waals surface area contributed by atoms with Gasteiger partial charge in [0.15, 0.2) is 0 Å². The van der Waals surface area contributed by atoms with Gasteiger partial charge >= 0.3 is 0 Å². The maximum absolute atomic E-state index is 15.6. The molecule has 0 bridgehead atoms. The van der Waals surface area contributed by atoms with Crippen molar-refractivity contribution in [1.29, 1.82) is 0 Å². The van der Waals surface area contributed by atoms with E-state index in [0.29, 0.717) is 11.4 Å². The lowest BCUT2D eigenvalue weighted by atomic mass is 9.88. The van der Waals surface area contributed by atoms with Crippen molar-refractivity contribution in [3.05, 3.63) is 242 Å². The van der Waals surface area contributed by atoms with Crippen LogP contribution in [0.15, 0.2) is 218 Å². The highest BCUT2D eigenvalue weighted by Crippen LogP contribution is 2.46. The minimum absolute atomic E-state index is 0.357. The zero-order valence-electron chi connectivity index (χ0n) is 36.2. The molecule has 13 rings (SSSR count). The predicted molar refractivity (Wildman–Crippen MR) is 276 cm³/mol. The molecule has 0 saturated heterocycles. The minimum atomic E-state index is -0.360. The summed E-state index contributed by atoms with van der Waals surface area (Å²) in [5, 5.41) is 14.7. The van der Waals surface area contributed by atoms with E-state index in [0.717, 1.165) is 109 Å². The van der Waals surface area contributed by atoms with Crippen molar-refractivity contribution in [3.8, 4) is 0 Å². The number of anilines is 6. The molecule has 0 aliphatic heterocycles. The van der Waals surface area contributed by atoms with Gasteiger partial charge in [-0.3, -0.25) is 0 Å². The van der Waals surface area contributed by atoms with Crippen LogP contribution in [0.5, 0.6) is 0 Å². The molecule has 68 heavy (non-hydrogen) atoms. The van der Waals surface area contributed by atoms with Crippen LogP contribution in [-0.2, 0) is 0 Å². The molecule has 0 heterocycles. The molecular formula is C62H36F4N2. The van der Waals surface area contributed by atoms with Gasteiger partial charge in [-0.05, 0) is 208 Å². The lowest BCUT2D eigenvalue weighted by molar-refractivity contribution is 0.627. The summed E-state index contributed by atoms with van der Waals surface area (Å²) in [6.07, 6.45) is 0. The molecule has 0 unspecified atom stereocenters. The molecule has 0 aliphatic rings. The van der Waals surface area contributed by atoms with Crippen molar-refractivity contribution >= 4 is 120 Å². The predicted octanol–water partition coefficient (Wildman–Crippen LogP) is 18.4. The Morgan fingerprint density at radius 2 is 0.500 bits per heavy atom. The Morgan fingerprint density at radius 1 is 0.191 bits per heavy atom. The molecule has 0 atom stereocenters. The fraction of sp³-hybridized carbons (Fsp3) is 0. The van der Waals surface area contributed by atoms with Crippen LogP contribution < -0.4 is 9.80 Å². The summed E-state index contributed by atoms with van der Waals surface area (Å²) in [4.78, 5) is 4.06. The third kappa shape index (κ3) is 6.48. The van der Waals surface area contributed by atoms with Crippen LogP contribution >= 0.6 is 0 Å². The molecule has 0 amide bonds. The third-order valence-electron chi connectivity index (χ3n) is 13.5. The summed E-state index contributed by atoms with van der Waals surface area (Å²) in [5.41, 5.74) is 4.55. The molecule has 0 aromatic heterocycles. The van der Waals surface area contributed by atoms with Crippen molar-refractivity contribution in [3.63, 3.8) is 0 Å². The maximum Gasteiger partial charge on any atom is 0.125 e. The standard InChI is InChI=1S/C62H36F4N2/c63-41-11-5-13-45(29-41)67(47-19-15-37-7-1-3-9-39(37)27-47)49-21-25-53-57(33-49)55-31-43(65)17-23-51(55)59-36-62-54-26-22-50(34-58(54)56-32-44(66)18-24-52(56)60(62)35-61(53)59)68(46-14-6-12-42(64)30-46)48-20-16-38-8-2-4-10-40(38)28-48/h1-36H. The Kier molecular flexibility index (Phi) is 8.99. The van der Waals surface area contributed by atoms with Crippen molar-refractivity contribution in [2.24, 2.45) is 0 Å². The normalized spacial score (nSPS) is 11.8. The Balaban J connectivity index is 1.06. The van der Waals surface area contributed by atoms with Gasteiger partial charge in [0.25, 0.3) is 0 Å². The Labute approximate surface area is 387 Å². The lowest BCUT2D eigenvalue weighted by Crippen LogP contribution is -2.10.